The van der Waals surface area contributed by atoms with Crippen molar-refractivity contribution in [3.8, 4) is 27.7 Å². The molecule has 120 valence electrons. The molecule has 0 saturated carbocycles. The molecule has 0 spiro atoms. The maximum Gasteiger partial charge on any atom is 0.235 e. The van der Waals surface area contributed by atoms with Gasteiger partial charge >= 0.3 is 0 Å². The summed E-state index contributed by atoms with van der Waals surface area (Å²) in [7, 11) is 1.59. The normalized spacial score (nSPS) is 11.1. The molecule has 0 fully saturated rings. The lowest BCUT2D eigenvalue weighted by atomic mass is 10.2. The molecule has 4 rings (SSSR count). The van der Waals surface area contributed by atoms with Crippen LogP contribution in [0.15, 0.2) is 42.5 Å². The molecule has 0 aliphatic heterocycles. The van der Waals surface area contributed by atoms with Crippen LogP contribution in [0.25, 0.3) is 26.9 Å². The Morgan fingerprint density at radius 1 is 1.08 bits per heavy atom. The summed E-state index contributed by atoms with van der Waals surface area (Å²) in [6, 6.07) is 10.6. The van der Waals surface area contributed by atoms with Gasteiger partial charge in [0.2, 0.25) is 4.96 Å². The van der Waals surface area contributed by atoms with Gasteiger partial charge in [-0.3, -0.25) is 0 Å². The highest BCUT2D eigenvalue weighted by atomic mass is 32.1. The van der Waals surface area contributed by atoms with Crippen molar-refractivity contribution in [2.45, 2.75) is 0 Å². The SMILES string of the molecule is COc1cccc(-c2nn3c(-c4cc(F)ccc4F)nnc3s2)c1. The third kappa shape index (κ3) is 2.41. The number of aromatic nitrogens is 4. The highest BCUT2D eigenvalue weighted by Gasteiger charge is 2.18. The van der Waals surface area contributed by atoms with Crippen LogP contribution in [0.5, 0.6) is 5.75 Å². The van der Waals surface area contributed by atoms with Gasteiger partial charge < -0.3 is 4.74 Å². The van der Waals surface area contributed by atoms with E-state index in [2.05, 4.69) is 15.3 Å². The van der Waals surface area contributed by atoms with Crippen LogP contribution in [0.3, 0.4) is 0 Å². The molecule has 2 aromatic heterocycles. The molecule has 0 saturated heterocycles. The number of nitrogens with zero attached hydrogens (tertiary/aromatic N) is 4. The van der Waals surface area contributed by atoms with E-state index in [1.54, 1.807) is 7.11 Å². The average molecular weight is 344 g/mol. The minimum Gasteiger partial charge on any atom is -0.497 e. The van der Waals surface area contributed by atoms with Crippen LogP contribution in [0.2, 0.25) is 0 Å². The number of hydrogen-bond acceptors (Lipinski definition) is 5. The first kappa shape index (κ1) is 14.7. The molecule has 0 unspecified atom stereocenters. The van der Waals surface area contributed by atoms with Crippen molar-refractivity contribution in [3.63, 3.8) is 0 Å². The molecular weight excluding hydrogens is 334 g/mol. The van der Waals surface area contributed by atoms with Crippen molar-refractivity contribution in [2.75, 3.05) is 7.11 Å². The number of benzene rings is 2. The fraction of sp³-hybridized carbons (Fsp3) is 0.0625. The molecule has 0 aliphatic rings. The van der Waals surface area contributed by atoms with Gasteiger partial charge in [-0.15, -0.1) is 10.2 Å². The molecule has 0 N–H and O–H groups in total. The minimum absolute atomic E-state index is 0.0185. The van der Waals surface area contributed by atoms with E-state index in [0.717, 1.165) is 23.8 Å². The van der Waals surface area contributed by atoms with E-state index in [0.29, 0.717) is 15.7 Å². The fourth-order valence-electron chi connectivity index (χ4n) is 2.33. The second-order valence-corrected chi connectivity index (χ2v) is 5.94. The number of hydrogen-bond donors (Lipinski definition) is 0. The summed E-state index contributed by atoms with van der Waals surface area (Å²) in [5, 5.41) is 13.0. The molecular formula is C16H10F2N4OS. The Hall–Kier alpha value is -2.87. The van der Waals surface area contributed by atoms with Crippen molar-refractivity contribution in [2.24, 2.45) is 0 Å². The van der Waals surface area contributed by atoms with Crippen LogP contribution >= 0.6 is 11.3 Å². The number of rotatable bonds is 3. The van der Waals surface area contributed by atoms with Gasteiger partial charge in [-0.05, 0) is 30.3 Å². The first-order valence-electron chi connectivity index (χ1n) is 6.98. The Balaban J connectivity index is 1.85. The van der Waals surface area contributed by atoms with Crippen molar-refractivity contribution < 1.29 is 13.5 Å². The Labute approximate surface area is 139 Å². The van der Waals surface area contributed by atoms with Gasteiger partial charge in [0, 0.05) is 5.56 Å². The highest BCUT2D eigenvalue weighted by Crippen LogP contribution is 2.30. The first-order valence-corrected chi connectivity index (χ1v) is 7.79. The number of halogens is 2. The Morgan fingerprint density at radius 3 is 2.79 bits per heavy atom. The summed E-state index contributed by atoms with van der Waals surface area (Å²) in [5.74, 6) is -0.268. The molecule has 2 heterocycles. The largest absolute Gasteiger partial charge is 0.497 e. The second-order valence-electron chi connectivity index (χ2n) is 4.98. The summed E-state index contributed by atoms with van der Waals surface area (Å²) < 4.78 is 34.1. The smallest absolute Gasteiger partial charge is 0.235 e. The highest BCUT2D eigenvalue weighted by molar-refractivity contribution is 7.19. The first-order chi connectivity index (χ1) is 11.7. The van der Waals surface area contributed by atoms with E-state index in [9.17, 15) is 8.78 Å². The van der Waals surface area contributed by atoms with Crippen LogP contribution in [0.4, 0.5) is 8.78 Å². The maximum atomic E-state index is 14.0. The number of fused-ring (bicyclic) bond motifs is 1. The number of ether oxygens (including phenoxy) is 1. The van der Waals surface area contributed by atoms with Gasteiger partial charge in [-0.2, -0.15) is 9.61 Å². The molecule has 0 radical (unpaired) electrons. The zero-order chi connectivity index (χ0) is 16.7. The molecule has 0 aliphatic carbocycles. The summed E-state index contributed by atoms with van der Waals surface area (Å²) in [5.41, 5.74) is 0.862. The summed E-state index contributed by atoms with van der Waals surface area (Å²) in [6.45, 7) is 0. The predicted octanol–water partition coefficient (Wildman–Crippen LogP) is 3.81. The van der Waals surface area contributed by atoms with Crippen LogP contribution in [-0.4, -0.2) is 26.9 Å². The zero-order valence-corrected chi connectivity index (χ0v) is 13.2. The van der Waals surface area contributed by atoms with Gasteiger partial charge in [0.15, 0.2) is 5.82 Å². The monoisotopic (exact) mass is 344 g/mol. The average Bonchev–Trinajstić information content (AvgIpc) is 3.18. The van der Waals surface area contributed by atoms with Crippen molar-refractivity contribution >= 4 is 16.3 Å². The van der Waals surface area contributed by atoms with Crippen LogP contribution < -0.4 is 4.74 Å². The molecule has 2 aromatic carbocycles. The van der Waals surface area contributed by atoms with E-state index >= 15 is 0 Å². The topological polar surface area (TPSA) is 52.3 Å². The lowest BCUT2D eigenvalue weighted by Crippen LogP contribution is -1.94. The van der Waals surface area contributed by atoms with Crippen molar-refractivity contribution in [3.05, 3.63) is 54.1 Å². The standard InChI is InChI=1S/C16H10F2N4OS/c1-23-11-4-2-3-9(7-11)15-21-22-14(19-20-16(22)24-15)12-8-10(17)5-6-13(12)18/h2-8H,1H3. The van der Waals surface area contributed by atoms with E-state index in [1.807, 2.05) is 24.3 Å². The Bertz CT molecular complexity index is 1040. The van der Waals surface area contributed by atoms with E-state index in [4.69, 9.17) is 4.74 Å². The van der Waals surface area contributed by atoms with Crippen molar-refractivity contribution in [1.82, 2.24) is 19.8 Å². The van der Waals surface area contributed by atoms with Gasteiger partial charge in [-0.1, -0.05) is 23.5 Å². The van der Waals surface area contributed by atoms with Crippen LogP contribution in [0.1, 0.15) is 0 Å². The lowest BCUT2D eigenvalue weighted by Gasteiger charge is -2.01. The van der Waals surface area contributed by atoms with Gasteiger partial charge in [0.1, 0.15) is 22.4 Å². The Morgan fingerprint density at radius 2 is 1.96 bits per heavy atom. The third-order valence-corrected chi connectivity index (χ3v) is 4.42. The molecule has 24 heavy (non-hydrogen) atoms. The van der Waals surface area contributed by atoms with E-state index in [-0.39, 0.29) is 11.4 Å². The van der Waals surface area contributed by atoms with Gasteiger partial charge in [0.25, 0.3) is 0 Å². The maximum absolute atomic E-state index is 14.0. The van der Waals surface area contributed by atoms with Gasteiger partial charge in [0.05, 0.1) is 12.7 Å². The molecule has 8 heteroatoms. The van der Waals surface area contributed by atoms with E-state index < -0.39 is 11.6 Å². The summed E-state index contributed by atoms with van der Waals surface area (Å²) in [4.78, 5) is 0.492. The third-order valence-electron chi connectivity index (χ3n) is 3.48. The van der Waals surface area contributed by atoms with Crippen molar-refractivity contribution in [1.29, 1.82) is 0 Å². The molecule has 5 nitrogen and oxygen atoms in total. The predicted molar refractivity (Wildman–Crippen MR) is 86.0 cm³/mol. The zero-order valence-electron chi connectivity index (χ0n) is 12.4. The Kier molecular flexibility index (Phi) is 3.46. The fourth-order valence-corrected chi connectivity index (χ4v) is 3.16. The lowest BCUT2D eigenvalue weighted by molar-refractivity contribution is 0.415. The summed E-state index contributed by atoms with van der Waals surface area (Å²) in [6.07, 6.45) is 0. The summed E-state index contributed by atoms with van der Waals surface area (Å²) >= 11 is 1.30. The van der Waals surface area contributed by atoms with E-state index in [1.165, 1.54) is 15.9 Å². The molecule has 4 aromatic rings. The van der Waals surface area contributed by atoms with Crippen LogP contribution in [-0.2, 0) is 0 Å². The van der Waals surface area contributed by atoms with Crippen LogP contribution in [0, 0.1) is 11.6 Å². The number of methoxy groups -OCH3 is 1. The molecule has 0 amide bonds. The minimum atomic E-state index is -0.582. The van der Waals surface area contributed by atoms with Gasteiger partial charge in [-0.25, -0.2) is 8.78 Å². The molecule has 0 bridgehead atoms. The second kappa shape index (κ2) is 5.64. The quantitative estimate of drug-likeness (QED) is 0.567. The molecule has 0 atom stereocenters.